The third-order valence-electron chi connectivity index (χ3n) is 3.91. The van der Waals surface area contributed by atoms with Crippen LogP contribution in [0.15, 0.2) is 27.6 Å². The monoisotopic (exact) mass is 412 g/mol. The molecule has 1 heterocycles. The molecule has 0 aliphatic carbocycles. The number of hydrogen-bond acceptors (Lipinski definition) is 4. The molecule has 0 bridgehead atoms. The van der Waals surface area contributed by atoms with Gasteiger partial charge in [-0.3, -0.25) is 0 Å². The molecule has 0 spiro atoms. The lowest BCUT2D eigenvalue weighted by molar-refractivity contribution is 0.232. The molecule has 0 amide bonds. The van der Waals surface area contributed by atoms with E-state index < -0.39 is 10.0 Å². The summed E-state index contributed by atoms with van der Waals surface area (Å²) in [4.78, 5) is 0.164. The normalized spacial score (nSPS) is 17.6. The molecule has 0 saturated carbocycles. The van der Waals surface area contributed by atoms with Crippen LogP contribution in [-0.2, 0) is 10.0 Å². The summed E-state index contributed by atoms with van der Waals surface area (Å²) in [7, 11) is -2.12. The van der Waals surface area contributed by atoms with Crippen molar-refractivity contribution in [2.45, 2.75) is 24.7 Å². The van der Waals surface area contributed by atoms with Crippen LogP contribution < -0.4 is 14.8 Å². The molecule has 1 aromatic carbocycles. The van der Waals surface area contributed by atoms with Gasteiger partial charge in [-0.05, 0) is 49.5 Å². The predicted octanol–water partition coefficient (Wildman–Crippen LogP) is 2.55. The zero-order valence-electron chi connectivity index (χ0n) is 12.7. The molecule has 2 rings (SSSR count). The van der Waals surface area contributed by atoms with E-state index >= 15 is 0 Å². The summed E-state index contributed by atoms with van der Waals surface area (Å²) in [5.74, 6) is 0.348. The van der Waals surface area contributed by atoms with Gasteiger partial charge in [-0.1, -0.05) is 22.9 Å². The second-order valence-electron chi connectivity index (χ2n) is 5.68. The molecule has 8 heteroatoms. The highest BCUT2D eigenvalue weighted by Gasteiger charge is 2.29. The third kappa shape index (κ3) is 4.83. The van der Waals surface area contributed by atoms with Crippen LogP contribution in [0.3, 0.4) is 0 Å². The van der Waals surface area contributed by atoms with Crippen LogP contribution in [0, 0.1) is 5.41 Å². The van der Waals surface area contributed by atoms with Crippen molar-refractivity contribution >= 4 is 38.4 Å². The minimum atomic E-state index is -3.59. The molecule has 5 nitrogen and oxygen atoms in total. The second kappa shape index (κ2) is 7.97. The van der Waals surface area contributed by atoms with Crippen molar-refractivity contribution in [2.24, 2.45) is 5.41 Å². The lowest BCUT2D eigenvalue weighted by Gasteiger charge is -2.34. The number of hydrogen-bond donors (Lipinski definition) is 2. The van der Waals surface area contributed by atoms with Crippen molar-refractivity contribution in [1.29, 1.82) is 0 Å². The fourth-order valence-corrected chi connectivity index (χ4v) is 4.32. The van der Waals surface area contributed by atoms with Gasteiger partial charge in [-0.25, -0.2) is 13.1 Å². The molecule has 0 aromatic heterocycles. The van der Waals surface area contributed by atoms with Crippen molar-refractivity contribution in [2.75, 3.05) is 26.7 Å². The molecule has 2 N–H and O–H groups in total. The first-order chi connectivity index (χ1) is 9.86. The Morgan fingerprint density at radius 2 is 2.00 bits per heavy atom. The molecular formula is C14H22BrClN2O3S. The van der Waals surface area contributed by atoms with E-state index in [0.29, 0.717) is 16.8 Å². The van der Waals surface area contributed by atoms with Crippen LogP contribution in [0.25, 0.3) is 0 Å². The minimum absolute atomic E-state index is 0. The van der Waals surface area contributed by atoms with Crippen molar-refractivity contribution in [1.82, 2.24) is 10.0 Å². The molecule has 126 valence electrons. The summed E-state index contributed by atoms with van der Waals surface area (Å²) in [6, 6.07) is 4.96. The first-order valence-corrected chi connectivity index (χ1v) is 9.18. The second-order valence-corrected chi connectivity index (χ2v) is 8.33. The zero-order valence-corrected chi connectivity index (χ0v) is 15.9. The maximum atomic E-state index is 12.5. The number of sulfonamides is 1. The summed E-state index contributed by atoms with van der Waals surface area (Å²) >= 11 is 3.30. The number of nitrogens with one attached hydrogen (secondary N) is 2. The summed E-state index contributed by atoms with van der Waals surface area (Å²) in [6.45, 7) is 4.41. The largest absolute Gasteiger partial charge is 0.495 e. The fourth-order valence-electron chi connectivity index (χ4n) is 2.41. The summed E-state index contributed by atoms with van der Waals surface area (Å²) in [5, 5.41) is 3.29. The number of methoxy groups -OCH3 is 1. The van der Waals surface area contributed by atoms with Gasteiger partial charge in [0, 0.05) is 11.0 Å². The van der Waals surface area contributed by atoms with Gasteiger partial charge in [-0.15, -0.1) is 12.4 Å². The highest BCUT2D eigenvalue weighted by molar-refractivity contribution is 9.10. The van der Waals surface area contributed by atoms with E-state index in [1.165, 1.54) is 7.11 Å². The Bertz CT molecular complexity index is 604. The smallest absolute Gasteiger partial charge is 0.244 e. The minimum Gasteiger partial charge on any atom is -0.495 e. The number of benzene rings is 1. The Morgan fingerprint density at radius 1 is 1.36 bits per heavy atom. The summed E-state index contributed by atoms with van der Waals surface area (Å²) in [6.07, 6.45) is 1.93. The molecule has 1 aliphatic heterocycles. The molecule has 1 aliphatic rings. The topological polar surface area (TPSA) is 67.4 Å². The molecule has 1 saturated heterocycles. The average molecular weight is 414 g/mol. The lowest BCUT2D eigenvalue weighted by atomic mass is 9.81. The summed E-state index contributed by atoms with van der Waals surface area (Å²) in [5.41, 5.74) is -0.00241. The van der Waals surface area contributed by atoms with Crippen LogP contribution in [0.5, 0.6) is 5.75 Å². The van der Waals surface area contributed by atoms with Crippen molar-refractivity contribution < 1.29 is 13.2 Å². The molecule has 1 fully saturated rings. The molecular weight excluding hydrogens is 392 g/mol. The van der Waals surface area contributed by atoms with Gasteiger partial charge < -0.3 is 10.1 Å². The van der Waals surface area contributed by atoms with E-state index in [4.69, 9.17) is 4.74 Å². The standard InChI is InChI=1S/C14H21BrN2O3S.ClH/c1-14(5-7-16-8-6-14)10-17-21(18,19)13-9-11(15)3-4-12(13)20-2;/h3-4,9,16-17H,5-8,10H2,1-2H3;1H. The van der Waals surface area contributed by atoms with E-state index in [9.17, 15) is 8.42 Å². The van der Waals surface area contributed by atoms with Gasteiger partial charge in [0.25, 0.3) is 0 Å². The van der Waals surface area contributed by atoms with E-state index in [1.807, 2.05) is 0 Å². The van der Waals surface area contributed by atoms with Crippen LogP contribution in [0.2, 0.25) is 0 Å². The van der Waals surface area contributed by atoms with Crippen molar-refractivity contribution in [3.63, 3.8) is 0 Å². The Balaban J connectivity index is 0.00000242. The third-order valence-corrected chi connectivity index (χ3v) is 5.83. The Kier molecular flexibility index (Phi) is 7.14. The number of piperidine rings is 1. The Hall–Kier alpha value is -0.340. The van der Waals surface area contributed by atoms with E-state index in [-0.39, 0.29) is 22.7 Å². The maximum Gasteiger partial charge on any atom is 0.244 e. The first kappa shape index (κ1) is 19.7. The maximum absolute atomic E-state index is 12.5. The highest BCUT2D eigenvalue weighted by Crippen LogP contribution is 2.30. The Labute approximate surface area is 146 Å². The van der Waals surface area contributed by atoms with Crippen LogP contribution in [-0.4, -0.2) is 35.2 Å². The molecule has 1 aromatic rings. The molecule has 0 radical (unpaired) electrons. The van der Waals surface area contributed by atoms with Gasteiger partial charge in [-0.2, -0.15) is 0 Å². The SMILES string of the molecule is COc1ccc(Br)cc1S(=O)(=O)NCC1(C)CCNCC1.Cl. The molecule has 0 atom stereocenters. The Morgan fingerprint density at radius 3 is 2.59 bits per heavy atom. The van der Waals surface area contributed by atoms with E-state index in [2.05, 4.69) is 32.9 Å². The number of ether oxygens (including phenoxy) is 1. The van der Waals surface area contributed by atoms with Crippen molar-refractivity contribution in [3.05, 3.63) is 22.7 Å². The molecule has 22 heavy (non-hydrogen) atoms. The van der Waals surface area contributed by atoms with Crippen LogP contribution in [0.4, 0.5) is 0 Å². The quantitative estimate of drug-likeness (QED) is 0.778. The van der Waals surface area contributed by atoms with Gasteiger partial charge in [0.2, 0.25) is 10.0 Å². The summed E-state index contributed by atoms with van der Waals surface area (Å²) < 4.78 is 33.6. The number of rotatable bonds is 5. The molecule has 0 unspecified atom stereocenters. The van der Waals surface area contributed by atoms with Gasteiger partial charge in [0.15, 0.2) is 0 Å². The lowest BCUT2D eigenvalue weighted by Crippen LogP contribution is -2.42. The van der Waals surface area contributed by atoms with Crippen molar-refractivity contribution in [3.8, 4) is 5.75 Å². The zero-order chi connectivity index (χ0) is 15.5. The average Bonchev–Trinajstić information content (AvgIpc) is 2.46. The highest BCUT2D eigenvalue weighted by atomic mass is 79.9. The van der Waals surface area contributed by atoms with Crippen LogP contribution in [0.1, 0.15) is 19.8 Å². The van der Waals surface area contributed by atoms with Gasteiger partial charge in [0.1, 0.15) is 10.6 Å². The van der Waals surface area contributed by atoms with Crippen LogP contribution >= 0.6 is 28.3 Å². The number of halogens is 2. The fraction of sp³-hybridized carbons (Fsp3) is 0.571. The first-order valence-electron chi connectivity index (χ1n) is 6.90. The van der Waals surface area contributed by atoms with E-state index in [1.54, 1.807) is 18.2 Å². The van der Waals surface area contributed by atoms with E-state index in [0.717, 1.165) is 25.9 Å². The predicted molar refractivity (Wildman–Crippen MR) is 93.3 cm³/mol. The van der Waals surface area contributed by atoms with Gasteiger partial charge >= 0.3 is 0 Å². The van der Waals surface area contributed by atoms with Gasteiger partial charge in [0.05, 0.1) is 7.11 Å².